The Kier molecular flexibility index (Phi) is 4.69. The molecule has 4 heteroatoms. The van der Waals surface area contributed by atoms with Crippen LogP contribution < -0.4 is 10.5 Å². The van der Waals surface area contributed by atoms with Crippen molar-refractivity contribution in [3.05, 3.63) is 53.6 Å². The molecular weight excluding hydrogens is 250 g/mol. The van der Waals surface area contributed by atoms with E-state index in [0.717, 1.165) is 28.9 Å². The molecule has 0 amide bonds. The lowest BCUT2D eigenvalue weighted by Crippen LogP contribution is -2.15. The van der Waals surface area contributed by atoms with Gasteiger partial charge < -0.3 is 10.5 Å². The minimum Gasteiger partial charge on any atom is -0.489 e. The highest BCUT2D eigenvalue weighted by molar-refractivity contribution is 5.36. The van der Waals surface area contributed by atoms with E-state index in [1.54, 1.807) is 18.6 Å². The van der Waals surface area contributed by atoms with Gasteiger partial charge in [0.2, 0.25) is 0 Å². The van der Waals surface area contributed by atoms with Gasteiger partial charge in [0, 0.05) is 18.6 Å². The summed E-state index contributed by atoms with van der Waals surface area (Å²) in [7, 11) is 0. The number of aryl methyl sites for hydroxylation is 1. The highest BCUT2D eigenvalue weighted by Crippen LogP contribution is 2.25. The van der Waals surface area contributed by atoms with E-state index in [0.29, 0.717) is 0 Å². The fourth-order valence-corrected chi connectivity index (χ4v) is 2.16. The van der Waals surface area contributed by atoms with Crippen LogP contribution in [0.15, 0.2) is 36.9 Å². The number of rotatable bonds is 5. The quantitative estimate of drug-likeness (QED) is 0.908. The van der Waals surface area contributed by atoms with Crippen molar-refractivity contribution in [3.8, 4) is 5.75 Å². The lowest BCUT2D eigenvalue weighted by atomic mass is 9.96. The van der Waals surface area contributed by atoms with Crippen molar-refractivity contribution < 1.29 is 4.74 Å². The number of ether oxygens (including phenoxy) is 1. The van der Waals surface area contributed by atoms with Gasteiger partial charge in [-0.1, -0.05) is 6.92 Å². The van der Waals surface area contributed by atoms with Crippen LogP contribution in [0.25, 0.3) is 0 Å². The Morgan fingerprint density at radius 2 is 2.00 bits per heavy atom. The third-order valence-electron chi connectivity index (χ3n) is 3.12. The van der Waals surface area contributed by atoms with Crippen molar-refractivity contribution in [2.75, 3.05) is 0 Å². The van der Waals surface area contributed by atoms with Crippen LogP contribution in [-0.4, -0.2) is 16.1 Å². The summed E-state index contributed by atoms with van der Waals surface area (Å²) in [6.45, 7) is 6.08. The van der Waals surface area contributed by atoms with Crippen LogP contribution in [0.1, 0.15) is 43.5 Å². The van der Waals surface area contributed by atoms with Crippen LogP contribution in [0.5, 0.6) is 5.75 Å². The first-order chi connectivity index (χ1) is 9.61. The van der Waals surface area contributed by atoms with Gasteiger partial charge in [0.25, 0.3) is 0 Å². The second-order valence-electron chi connectivity index (χ2n) is 5.03. The van der Waals surface area contributed by atoms with Gasteiger partial charge in [0.1, 0.15) is 5.75 Å². The minimum atomic E-state index is -0.212. The van der Waals surface area contributed by atoms with E-state index >= 15 is 0 Å². The molecule has 2 aromatic heterocycles. The third-order valence-corrected chi connectivity index (χ3v) is 3.12. The first kappa shape index (κ1) is 14.5. The van der Waals surface area contributed by atoms with E-state index in [-0.39, 0.29) is 12.1 Å². The standard InChI is InChI=1S/C16H21N3O/c1-4-12-8-18-6-5-15(12)16(17)13-7-14(10-19-9-13)20-11(2)3/h5-11,16H,4,17H2,1-3H3. The van der Waals surface area contributed by atoms with E-state index in [2.05, 4.69) is 16.9 Å². The monoisotopic (exact) mass is 271 g/mol. The van der Waals surface area contributed by atoms with Gasteiger partial charge in [-0.25, -0.2) is 0 Å². The molecule has 0 saturated carbocycles. The predicted octanol–water partition coefficient (Wildman–Crippen LogP) is 2.87. The van der Waals surface area contributed by atoms with Gasteiger partial charge in [-0.3, -0.25) is 9.97 Å². The number of pyridine rings is 2. The smallest absolute Gasteiger partial charge is 0.138 e. The molecule has 0 aromatic carbocycles. The summed E-state index contributed by atoms with van der Waals surface area (Å²) in [6, 6.07) is 3.72. The molecule has 0 spiro atoms. The second-order valence-corrected chi connectivity index (χ2v) is 5.03. The van der Waals surface area contributed by atoms with E-state index in [4.69, 9.17) is 10.5 Å². The average Bonchev–Trinajstić information content (AvgIpc) is 2.46. The molecule has 2 aromatic rings. The van der Waals surface area contributed by atoms with Gasteiger partial charge in [-0.2, -0.15) is 0 Å². The molecule has 0 bridgehead atoms. The maximum atomic E-state index is 6.37. The summed E-state index contributed by atoms with van der Waals surface area (Å²) in [6.07, 6.45) is 8.18. The Hall–Kier alpha value is -1.94. The molecule has 0 fully saturated rings. The van der Waals surface area contributed by atoms with Crippen LogP contribution >= 0.6 is 0 Å². The Bertz CT molecular complexity index is 569. The van der Waals surface area contributed by atoms with Gasteiger partial charge in [0.05, 0.1) is 18.3 Å². The van der Waals surface area contributed by atoms with Crippen LogP contribution in [0, 0.1) is 0 Å². The summed E-state index contributed by atoms with van der Waals surface area (Å²) in [5.41, 5.74) is 9.57. The number of nitrogens with zero attached hydrogens (tertiary/aromatic N) is 2. The van der Waals surface area contributed by atoms with Gasteiger partial charge >= 0.3 is 0 Å². The molecule has 20 heavy (non-hydrogen) atoms. The van der Waals surface area contributed by atoms with Crippen molar-refractivity contribution in [3.63, 3.8) is 0 Å². The van der Waals surface area contributed by atoms with Crippen LogP contribution in [-0.2, 0) is 6.42 Å². The average molecular weight is 271 g/mol. The van der Waals surface area contributed by atoms with Crippen molar-refractivity contribution in [1.82, 2.24) is 9.97 Å². The lowest BCUT2D eigenvalue weighted by molar-refractivity contribution is 0.241. The zero-order valence-corrected chi connectivity index (χ0v) is 12.2. The summed E-state index contributed by atoms with van der Waals surface area (Å²) < 4.78 is 5.67. The van der Waals surface area contributed by atoms with Crippen molar-refractivity contribution in [2.24, 2.45) is 5.73 Å². The number of hydrogen-bond donors (Lipinski definition) is 1. The molecule has 1 unspecified atom stereocenters. The molecule has 0 saturated heterocycles. The van der Waals surface area contributed by atoms with Crippen LogP contribution in [0.3, 0.4) is 0 Å². The zero-order valence-electron chi connectivity index (χ0n) is 12.2. The van der Waals surface area contributed by atoms with Gasteiger partial charge in [0.15, 0.2) is 0 Å². The Labute approximate surface area is 120 Å². The first-order valence-electron chi connectivity index (χ1n) is 6.91. The Balaban J connectivity index is 2.30. The molecule has 106 valence electrons. The molecule has 0 aliphatic rings. The highest BCUT2D eigenvalue weighted by atomic mass is 16.5. The topological polar surface area (TPSA) is 61.0 Å². The summed E-state index contributed by atoms with van der Waals surface area (Å²) in [5.74, 6) is 0.750. The maximum absolute atomic E-state index is 6.37. The minimum absolute atomic E-state index is 0.121. The van der Waals surface area contributed by atoms with Crippen LogP contribution in [0.4, 0.5) is 0 Å². The van der Waals surface area contributed by atoms with E-state index in [1.807, 2.05) is 32.2 Å². The maximum Gasteiger partial charge on any atom is 0.138 e. The fourth-order valence-electron chi connectivity index (χ4n) is 2.16. The van der Waals surface area contributed by atoms with E-state index in [1.165, 1.54) is 0 Å². The second kappa shape index (κ2) is 6.48. The third kappa shape index (κ3) is 3.33. The molecule has 0 radical (unpaired) electrons. The molecule has 2 heterocycles. The molecule has 2 rings (SSSR count). The Morgan fingerprint density at radius 1 is 1.20 bits per heavy atom. The highest BCUT2D eigenvalue weighted by Gasteiger charge is 2.14. The number of aromatic nitrogens is 2. The largest absolute Gasteiger partial charge is 0.489 e. The molecule has 4 nitrogen and oxygen atoms in total. The Morgan fingerprint density at radius 3 is 2.70 bits per heavy atom. The number of nitrogens with two attached hydrogens (primary N) is 1. The fraction of sp³-hybridized carbons (Fsp3) is 0.375. The SMILES string of the molecule is CCc1cnccc1C(N)c1cncc(OC(C)C)c1. The molecule has 0 aliphatic carbocycles. The first-order valence-corrected chi connectivity index (χ1v) is 6.91. The summed E-state index contributed by atoms with van der Waals surface area (Å²) in [4.78, 5) is 8.37. The van der Waals surface area contributed by atoms with Gasteiger partial charge in [-0.15, -0.1) is 0 Å². The summed E-state index contributed by atoms with van der Waals surface area (Å²) >= 11 is 0. The van der Waals surface area contributed by atoms with Crippen molar-refractivity contribution >= 4 is 0 Å². The van der Waals surface area contributed by atoms with Gasteiger partial charge in [-0.05, 0) is 49.1 Å². The predicted molar refractivity (Wildman–Crippen MR) is 79.6 cm³/mol. The van der Waals surface area contributed by atoms with Crippen molar-refractivity contribution in [2.45, 2.75) is 39.3 Å². The molecule has 2 N–H and O–H groups in total. The normalized spacial score (nSPS) is 12.4. The van der Waals surface area contributed by atoms with E-state index in [9.17, 15) is 0 Å². The molecular formula is C16H21N3O. The zero-order chi connectivity index (χ0) is 14.5. The number of hydrogen-bond acceptors (Lipinski definition) is 4. The molecule has 0 aliphatic heterocycles. The molecule has 1 atom stereocenters. The van der Waals surface area contributed by atoms with Crippen LogP contribution in [0.2, 0.25) is 0 Å². The lowest BCUT2D eigenvalue weighted by Gasteiger charge is -2.17. The summed E-state index contributed by atoms with van der Waals surface area (Å²) in [5, 5.41) is 0. The van der Waals surface area contributed by atoms with Crippen molar-refractivity contribution in [1.29, 1.82) is 0 Å². The van der Waals surface area contributed by atoms with E-state index < -0.39 is 0 Å².